The second kappa shape index (κ2) is 3.88. The topological polar surface area (TPSA) is 25.8 Å². The van der Waals surface area contributed by atoms with Gasteiger partial charge in [0.25, 0.3) is 0 Å². The first-order valence-electron chi connectivity index (χ1n) is 3.28. The zero-order valence-corrected chi connectivity index (χ0v) is 7.60. The fraction of sp³-hybridized carbons (Fsp3) is 0.429. The number of hydrogen-bond donors (Lipinski definition) is 0. The van der Waals surface area contributed by atoms with Crippen LogP contribution in [-0.2, 0) is 0 Å². The second-order valence-electron chi connectivity index (χ2n) is 2.33. The summed E-state index contributed by atoms with van der Waals surface area (Å²) in [7, 11) is 0. The van der Waals surface area contributed by atoms with Crippen LogP contribution in [0.3, 0.4) is 0 Å². The van der Waals surface area contributed by atoms with Crippen molar-refractivity contribution >= 4 is 23.2 Å². The third kappa shape index (κ3) is 2.04. The smallest absolute Gasteiger partial charge is 0.155 e. The van der Waals surface area contributed by atoms with Crippen LogP contribution in [0.4, 0.5) is 0 Å². The first-order valence-corrected chi connectivity index (χ1v) is 4.20. The van der Waals surface area contributed by atoms with Crippen molar-refractivity contribution in [2.24, 2.45) is 0 Å². The lowest BCUT2D eigenvalue weighted by Crippen LogP contribution is -1.97. The van der Waals surface area contributed by atoms with E-state index < -0.39 is 0 Å². The summed E-state index contributed by atoms with van der Waals surface area (Å²) in [5.41, 5.74) is 0.955. The summed E-state index contributed by atoms with van der Waals surface area (Å²) in [5.74, 6) is 0.783. The molecule has 1 unspecified atom stereocenters. The molecule has 0 aliphatic rings. The van der Waals surface area contributed by atoms with Gasteiger partial charge in [0.1, 0.15) is 0 Å². The maximum absolute atomic E-state index is 5.77. The minimum atomic E-state index is 0.236. The molecule has 0 fully saturated rings. The third-order valence-electron chi connectivity index (χ3n) is 1.47. The molecule has 0 aromatic carbocycles. The van der Waals surface area contributed by atoms with Gasteiger partial charge >= 0.3 is 0 Å². The molecular weight excluding hydrogens is 183 g/mol. The monoisotopic (exact) mass is 190 g/mol. The summed E-state index contributed by atoms with van der Waals surface area (Å²) in [6.07, 6.45) is 1.62. The summed E-state index contributed by atoms with van der Waals surface area (Å²) < 4.78 is 0. The highest BCUT2D eigenvalue weighted by molar-refractivity contribution is 6.30. The Hall–Kier alpha value is -0.340. The zero-order chi connectivity index (χ0) is 8.27. The first kappa shape index (κ1) is 8.75. The second-order valence-corrected chi connectivity index (χ2v) is 3.00. The Bertz CT molecular complexity index is 240. The van der Waals surface area contributed by atoms with Crippen LogP contribution in [0.25, 0.3) is 0 Å². The van der Waals surface area contributed by atoms with Gasteiger partial charge in [-0.1, -0.05) is 18.5 Å². The first-order chi connectivity index (χ1) is 5.25. The number of alkyl halides is 1. The van der Waals surface area contributed by atoms with Crippen molar-refractivity contribution in [2.45, 2.75) is 12.8 Å². The van der Waals surface area contributed by atoms with Crippen molar-refractivity contribution in [1.82, 2.24) is 10.2 Å². The number of halogens is 2. The molecule has 4 heteroatoms. The average Bonchev–Trinajstić information content (AvgIpc) is 2.04. The lowest BCUT2D eigenvalue weighted by atomic mass is 10.1. The molecule has 60 valence electrons. The van der Waals surface area contributed by atoms with E-state index in [0.29, 0.717) is 11.0 Å². The average molecular weight is 191 g/mol. The van der Waals surface area contributed by atoms with E-state index in [4.69, 9.17) is 23.2 Å². The van der Waals surface area contributed by atoms with Crippen molar-refractivity contribution in [2.75, 3.05) is 5.88 Å². The minimum Gasteiger partial charge on any atom is -0.158 e. The number of aromatic nitrogens is 2. The molecule has 0 aliphatic carbocycles. The highest BCUT2D eigenvalue weighted by atomic mass is 35.5. The Balaban J connectivity index is 2.93. The molecule has 2 nitrogen and oxygen atoms in total. The molecular formula is C7H8Cl2N2. The van der Waals surface area contributed by atoms with Crippen LogP contribution in [-0.4, -0.2) is 16.1 Å². The summed E-state index contributed by atoms with van der Waals surface area (Å²) >= 11 is 11.4. The van der Waals surface area contributed by atoms with Crippen molar-refractivity contribution < 1.29 is 0 Å². The largest absolute Gasteiger partial charge is 0.158 e. The van der Waals surface area contributed by atoms with Crippen LogP contribution in [0, 0.1) is 0 Å². The Morgan fingerprint density at radius 1 is 1.64 bits per heavy atom. The number of nitrogens with zero attached hydrogens (tertiary/aromatic N) is 2. The van der Waals surface area contributed by atoms with Gasteiger partial charge in [-0.15, -0.1) is 16.7 Å². The van der Waals surface area contributed by atoms with Crippen LogP contribution >= 0.6 is 23.2 Å². The minimum absolute atomic E-state index is 0.236. The van der Waals surface area contributed by atoms with E-state index in [2.05, 4.69) is 10.2 Å². The molecule has 11 heavy (non-hydrogen) atoms. The highest BCUT2D eigenvalue weighted by Gasteiger charge is 2.08. The Labute approximate surface area is 75.5 Å². The van der Waals surface area contributed by atoms with Crippen LogP contribution in [0.15, 0.2) is 12.3 Å². The Kier molecular flexibility index (Phi) is 3.09. The van der Waals surface area contributed by atoms with E-state index in [1.54, 1.807) is 6.20 Å². The van der Waals surface area contributed by atoms with Crippen molar-refractivity contribution in [1.29, 1.82) is 0 Å². The van der Waals surface area contributed by atoms with Gasteiger partial charge in [0, 0.05) is 12.1 Å². The van der Waals surface area contributed by atoms with Gasteiger partial charge < -0.3 is 0 Å². The van der Waals surface area contributed by atoms with E-state index in [1.807, 2.05) is 13.0 Å². The van der Waals surface area contributed by atoms with Crippen molar-refractivity contribution in [3.05, 3.63) is 23.0 Å². The fourth-order valence-corrected chi connectivity index (χ4v) is 1.23. The standard InChI is InChI=1S/C7H8Cl2N2/c1-5(4-8)6-2-3-10-11-7(6)9/h2-3,5H,4H2,1H3. The molecule has 0 bridgehead atoms. The maximum atomic E-state index is 5.77. The summed E-state index contributed by atoms with van der Waals surface area (Å²) in [6, 6.07) is 1.84. The maximum Gasteiger partial charge on any atom is 0.155 e. The van der Waals surface area contributed by atoms with Gasteiger partial charge in [-0.05, 0) is 17.5 Å². The van der Waals surface area contributed by atoms with Crippen LogP contribution in [0.1, 0.15) is 18.4 Å². The lowest BCUT2D eigenvalue weighted by Gasteiger charge is -2.06. The van der Waals surface area contributed by atoms with E-state index in [1.165, 1.54) is 0 Å². The van der Waals surface area contributed by atoms with Crippen LogP contribution in [0.2, 0.25) is 5.15 Å². The van der Waals surface area contributed by atoms with Gasteiger partial charge in [-0.2, -0.15) is 5.10 Å². The molecule has 0 saturated carbocycles. The Morgan fingerprint density at radius 2 is 2.36 bits per heavy atom. The predicted molar refractivity (Wildman–Crippen MR) is 46.2 cm³/mol. The molecule has 0 N–H and O–H groups in total. The number of rotatable bonds is 2. The third-order valence-corrected chi connectivity index (χ3v) is 2.22. The molecule has 0 aliphatic heterocycles. The molecule has 1 heterocycles. The molecule has 1 atom stereocenters. The highest BCUT2D eigenvalue weighted by Crippen LogP contribution is 2.21. The molecule has 1 rings (SSSR count). The van der Waals surface area contributed by atoms with Crippen molar-refractivity contribution in [3.8, 4) is 0 Å². The van der Waals surface area contributed by atoms with Gasteiger partial charge in [-0.25, -0.2) is 0 Å². The summed E-state index contributed by atoms with van der Waals surface area (Å²) in [6.45, 7) is 2.00. The SMILES string of the molecule is CC(CCl)c1ccnnc1Cl. The molecule has 1 aromatic rings. The van der Waals surface area contributed by atoms with E-state index in [9.17, 15) is 0 Å². The molecule has 0 amide bonds. The molecule has 0 spiro atoms. The zero-order valence-electron chi connectivity index (χ0n) is 6.09. The summed E-state index contributed by atoms with van der Waals surface area (Å²) in [4.78, 5) is 0. The Morgan fingerprint density at radius 3 is 2.91 bits per heavy atom. The predicted octanol–water partition coefficient (Wildman–Crippen LogP) is 2.47. The molecule has 1 aromatic heterocycles. The van der Waals surface area contributed by atoms with E-state index in [0.717, 1.165) is 5.56 Å². The molecule has 0 saturated heterocycles. The number of hydrogen-bond acceptors (Lipinski definition) is 2. The normalized spacial score (nSPS) is 13.0. The van der Waals surface area contributed by atoms with Crippen molar-refractivity contribution in [3.63, 3.8) is 0 Å². The van der Waals surface area contributed by atoms with Gasteiger partial charge in [0.15, 0.2) is 5.15 Å². The van der Waals surface area contributed by atoms with Crippen LogP contribution < -0.4 is 0 Å². The molecule has 0 radical (unpaired) electrons. The quantitative estimate of drug-likeness (QED) is 0.671. The van der Waals surface area contributed by atoms with E-state index in [-0.39, 0.29) is 5.92 Å². The van der Waals surface area contributed by atoms with Gasteiger partial charge in [0.05, 0.1) is 0 Å². The van der Waals surface area contributed by atoms with Gasteiger partial charge in [0.2, 0.25) is 0 Å². The van der Waals surface area contributed by atoms with Crippen LogP contribution in [0.5, 0.6) is 0 Å². The van der Waals surface area contributed by atoms with E-state index >= 15 is 0 Å². The van der Waals surface area contributed by atoms with Gasteiger partial charge in [-0.3, -0.25) is 0 Å². The fourth-order valence-electron chi connectivity index (χ4n) is 0.775. The lowest BCUT2D eigenvalue weighted by molar-refractivity contribution is 0.849. The summed E-state index contributed by atoms with van der Waals surface area (Å²) in [5, 5.41) is 7.79.